The van der Waals surface area contributed by atoms with Gasteiger partial charge in [-0.1, -0.05) is 0 Å². The molecular formula is C14H17F2NO2S. The number of fused-ring (bicyclic) bond motifs is 1. The van der Waals surface area contributed by atoms with Gasteiger partial charge in [-0.3, -0.25) is 0 Å². The van der Waals surface area contributed by atoms with Gasteiger partial charge in [-0.25, -0.2) is 13.0 Å². The number of nitrogens with zero attached hydrogens (tertiary/aromatic N) is 1. The molecule has 0 N–H and O–H groups in total. The summed E-state index contributed by atoms with van der Waals surface area (Å²) in [7, 11) is -0.214. The Bertz CT molecular complexity index is 594. The lowest BCUT2D eigenvalue weighted by atomic mass is 10.1. The summed E-state index contributed by atoms with van der Waals surface area (Å²) in [6.07, 6.45) is -1.39. The van der Waals surface area contributed by atoms with Crippen LogP contribution in [0.2, 0.25) is 0 Å². The van der Waals surface area contributed by atoms with E-state index in [0.29, 0.717) is 11.1 Å². The highest BCUT2D eigenvalue weighted by atomic mass is 32.2. The molecule has 6 heteroatoms. The van der Waals surface area contributed by atoms with Crippen LogP contribution in [0.3, 0.4) is 0 Å². The van der Waals surface area contributed by atoms with Gasteiger partial charge in [-0.2, -0.15) is 4.40 Å². The number of benzene rings is 1. The van der Waals surface area contributed by atoms with Crippen LogP contribution in [-0.2, 0) is 17.4 Å². The standard InChI is InChI=1S/C14H17F2NO2S/c1-14(2,3)20(18)17-12-8-5-6-10(15)13(19-4)9(8)7-11(12)16/h5-6,11H,7H2,1-4H3/b17-12+/t11-,20+/m0/s1. The summed E-state index contributed by atoms with van der Waals surface area (Å²) in [6.45, 7) is 5.30. The monoisotopic (exact) mass is 301 g/mol. The first-order valence-corrected chi connectivity index (χ1v) is 7.36. The Hall–Kier alpha value is -1.30. The predicted octanol–water partition coefficient (Wildman–Crippen LogP) is 2.98. The minimum atomic E-state index is -1.56. The molecule has 0 saturated carbocycles. The molecule has 110 valence electrons. The van der Waals surface area contributed by atoms with Crippen molar-refractivity contribution in [1.82, 2.24) is 0 Å². The van der Waals surface area contributed by atoms with Crippen LogP contribution >= 0.6 is 0 Å². The van der Waals surface area contributed by atoms with E-state index in [2.05, 4.69) is 4.40 Å². The summed E-state index contributed by atoms with van der Waals surface area (Å²) >= 11 is 0. The fraction of sp³-hybridized carbons (Fsp3) is 0.500. The van der Waals surface area contributed by atoms with Crippen LogP contribution in [-0.4, -0.2) is 27.9 Å². The van der Waals surface area contributed by atoms with E-state index in [1.807, 2.05) is 0 Å². The molecule has 1 aliphatic rings. The van der Waals surface area contributed by atoms with E-state index in [-0.39, 0.29) is 17.9 Å². The van der Waals surface area contributed by atoms with E-state index in [1.165, 1.54) is 19.2 Å². The van der Waals surface area contributed by atoms with E-state index >= 15 is 0 Å². The topological polar surface area (TPSA) is 38.7 Å². The molecule has 0 fully saturated rings. The first-order chi connectivity index (χ1) is 9.25. The molecule has 0 radical (unpaired) electrons. The van der Waals surface area contributed by atoms with Gasteiger partial charge in [0, 0.05) is 17.5 Å². The van der Waals surface area contributed by atoms with Crippen molar-refractivity contribution in [3.05, 3.63) is 29.1 Å². The van der Waals surface area contributed by atoms with Crippen LogP contribution in [0.15, 0.2) is 16.5 Å². The summed E-state index contributed by atoms with van der Waals surface area (Å²) in [4.78, 5) is 0. The van der Waals surface area contributed by atoms with Gasteiger partial charge < -0.3 is 4.74 Å². The summed E-state index contributed by atoms with van der Waals surface area (Å²) in [5.41, 5.74) is 1.05. The number of rotatable bonds is 2. The zero-order valence-corrected chi connectivity index (χ0v) is 12.7. The SMILES string of the molecule is COc1c(F)ccc2c1C[C@H](F)/C2=N/[S@](=O)C(C)(C)C. The van der Waals surface area contributed by atoms with Gasteiger partial charge in [0.25, 0.3) is 0 Å². The molecule has 0 aliphatic heterocycles. The zero-order chi connectivity index (χ0) is 15.1. The van der Waals surface area contributed by atoms with Gasteiger partial charge in [0.15, 0.2) is 11.6 Å². The molecule has 0 bridgehead atoms. The highest BCUT2D eigenvalue weighted by Crippen LogP contribution is 2.35. The summed E-state index contributed by atoms with van der Waals surface area (Å²) < 4.78 is 48.2. The van der Waals surface area contributed by atoms with Crippen LogP contribution in [0.4, 0.5) is 8.78 Å². The van der Waals surface area contributed by atoms with E-state index in [0.717, 1.165) is 0 Å². The Morgan fingerprint density at radius 1 is 1.40 bits per heavy atom. The molecule has 0 saturated heterocycles. The molecule has 0 amide bonds. The van der Waals surface area contributed by atoms with Crippen LogP contribution in [0, 0.1) is 5.82 Å². The Balaban J connectivity index is 2.52. The fourth-order valence-corrected chi connectivity index (χ4v) is 2.71. The number of halogens is 2. The first kappa shape index (κ1) is 15.1. The molecule has 0 heterocycles. The normalized spacial score (nSPS) is 21.9. The number of hydrogen-bond acceptors (Lipinski definition) is 2. The summed E-state index contributed by atoms with van der Waals surface area (Å²) in [5.74, 6) is -0.492. The van der Waals surface area contributed by atoms with Gasteiger partial charge in [-0.05, 0) is 32.9 Å². The second-order valence-corrected chi connectivity index (χ2v) is 7.52. The van der Waals surface area contributed by atoms with Gasteiger partial charge in [0.2, 0.25) is 0 Å². The average Bonchev–Trinajstić information content (AvgIpc) is 2.65. The first-order valence-electron chi connectivity index (χ1n) is 6.26. The Labute approximate surface area is 119 Å². The summed E-state index contributed by atoms with van der Waals surface area (Å²) in [6, 6.07) is 2.68. The van der Waals surface area contributed by atoms with Gasteiger partial charge in [0.1, 0.15) is 17.2 Å². The third kappa shape index (κ3) is 2.61. The summed E-state index contributed by atoms with van der Waals surface area (Å²) in [5, 5.41) is 0. The highest BCUT2D eigenvalue weighted by Gasteiger charge is 2.34. The minimum absolute atomic E-state index is 0.00353. The lowest BCUT2D eigenvalue weighted by Crippen LogP contribution is -2.22. The van der Waals surface area contributed by atoms with E-state index < -0.39 is 27.7 Å². The van der Waals surface area contributed by atoms with E-state index in [9.17, 15) is 13.0 Å². The van der Waals surface area contributed by atoms with Crippen molar-refractivity contribution in [2.75, 3.05) is 7.11 Å². The number of methoxy groups -OCH3 is 1. The van der Waals surface area contributed by atoms with Crippen LogP contribution in [0.1, 0.15) is 31.9 Å². The smallest absolute Gasteiger partial charge is 0.165 e. The maximum absolute atomic E-state index is 14.1. The molecule has 2 rings (SSSR count). The van der Waals surface area contributed by atoms with E-state index in [4.69, 9.17) is 4.74 Å². The van der Waals surface area contributed by atoms with Gasteiger partial charge >= 0.3 is 0 Å². The number of ether oxygens (including phenoxy) is 1. The Morgan fingerprint density at radius 3 is 2.60 bits per heavy atom. The third-order valence-electron chi connectivity index (χ3n) is 3.08. The van der Waals surface area contributed by atoms with Gasteiger partial charge in [-0.15, -0.1) is 0 Å². The largest absolute Gasteiger partial charge is 0.493 e. The molecular weight excluding hydrogens is 284 g/mol. The second-order valence-electron chi connectivity index (χ2n) is 5.62. The molecule has 1 aromatic carbocycles. The molecule has 2 atom stereocenters. The van der Waals surface area contributed by atoms with Gasteiger partial charge in [0.05, 0.1) is 17.6 Å². The second kappa shape index (κ2) is 5.24. The highest BCUT2D eigenvalue weighted by molar-refractivity contribution is 7.85. The van der Waals surface area contributed by atoms with Crippen molar-refractivity contribution in [3.8, 4) is 5.75 Å². The van der Waals surface area contributed by atoms with Crippen molar-refractivity contribution in [2.24, 2.45) is 4.40 Å². The van der Waals surface area contributed by atoms with E-state index in [1.54, 1.807) is 20.8 Å². The maximum Gasteiger partial charge on any atom is 0.165 e. The van der Waals surface area contributed by atoms with Crippen molar-refractivity contribution in [1.29, 1.82) is 0 Å². The maximum atomic E-state index is 14.1. The molecule has 1 aliphatic carbocycles. The fourth-order valence-electron chi connectivity index (χ4n) is 2.04. The third-order valence-corrected chi connectivity index (χ3v) is 4.49. The van der Waals surface area contributed by atoms with Crippen molar-refractivity contribution < 1.29 is 17.7 Å². The average molecular weight is 301 g/mol. The number of hydrogen-bond donors (Lipinski definition) is 0. The zero-order valence-electron chi connectivity index (χ0n) is 11.9. The van der Waals surface area contributed by atoms with Crippen molar-refractivity contribution in [3.63, 3.8) is 0 Å². The molecule has 3 nitrogen and oxygen atoms in total. The molecule has 0 unspecified atom stereocenters. The Morgan fingerprint density at radius 2 is 2.05 bits per heavy atom. The lowest BCUT2D eigenvalue weighted by Gasteiger charge is -2.14. The molecule has 20 heavy (non-hydrogen) atoms. The molecule has 1 aromatic rings. The predicted molar refractivity (Wildman–Crippen MR) is 76.0 cm³/mol. The molecule has 0 aromatic heterocycles. The van der Waals surface area contributed by atoms with Crippen LogP contribution in [0.5, 0.6) is 5.75 Å². The quantitative estimate of drug-likeness (QED) is 0.842. The number of alkyl halides is 1. The Kier molecular flexibility index (Phi) is 3.95. The van der Waals surface area contributed by atoms with Crippen molar-refractivity contribution >= 4 is 16.7 Å². The lowest BCUT2D eigenvalue weighted by molar-refractivity contribution is 0.375. The minimum Gasteiger partial charge on any atom is -0.493 e. The van der Waals surface area contributed by atoms with Crippen molar-refractivity contribution in [2.45, 2.75) is 38.1 Å². The van der Waals surface area contributed by atoms with Crippen LogP contribution < -0.4 is 4.74 Å². The van der Waals surface area contributed by atoms with Crippen LogP contribution in [0.25, 0.3) is 0 Å². The molecule has 0 spiro atoms.